The summed E-state index contributed by atoms with van der Waals surface area (Å²) in [7, 11) is 1.65. The van der Waals surface area contributed by atoms with Gasteiger partial charge < -0.3 is 9.47 Å². The Hall–Kier alpha value is -1.48. The Labute approximate surface area is 128 Å². The average molecular weight is 335 g/mol. The first-order chi connectivity index (χ1) is 9.60. The molecule has 0 spiro atoms. The van der Waals surface area contributed by atoms with Crippen LogP contribution in [0.15, 0.2) is 46.9 Å². The molecule has 0 amide bonds. The van der Waals surface area contributed by atoms with E-state index in [0.29, 0.717) is 12.5 Å². The third-order valence-electron chi connectivity index (χ3n) is 3.17. The summed E-state index contributed by atoms with van der Waals surface area (Å²) in [4.78, 5) is 0. The molecule has 0 unspecified atom stereocenters. The highest BCUT2D eigenvalue weighted by atomic mass is 79.9. The molecule has 0 aliphatic carbocycles. The highest BCUT2D eigenvalue weighted by molar-refractivity contribution is 9.10. The van der Waals surface area contributed by atoms with Gasteiger partial charge in [0.05, 0.1) is 11.6 Å². The fraction of sp³-hybridized carbons (Fsp3) is 0.294. The second-order valence-electron chi connectivity index (χ2n) is 4.98. The molecule has 3 heteroatoms. The molecular formula is C17H19BrO2. The lowest BCUT2D eigenvalue weighted by molar-refractivity contribution is 0.303. The Kier molecular flexibility index (Phi) is 5.07. The fourth-order valence-corrected chi connectivity index (χ4v) is 2.30. The van der Waals surface area contributed by atoms with Gasteiger partial charge in [-0.3, -0.25) is 0 Å². The Morgan fingerprint density at radius 3 is 2.35 bits per heavy atom. The van der Waals surface area contributed by atoms with Crippen molar-refractivity contribution >= 4 is 15.9 Å². The molecule has 0 atom stereocenters. The summed E-state index contributed by atoms with van der Waals surface area (Å²) in [5, 5.41) is 0. The molecule has 0 aliphatic heterocycles. The van der Waals surface area contributed by atoms with E-state index in [9.17, 15) is 0 Å². The summed E-state index contributed by atoms with van der Waals surface area (Å²) in [6.07, 6.45) is 0. The Balaban J connectivity index is 2.01. The molecule has 0 bridgehead atoms. The molecule has 0 saturated carbocycles. The van der Waals surface area contributed by atoms with Crippen LogP contribution < -0.4 is 9.47 Å². The number of rotatable bonds is 5. The maximum atomic E-state index is 5.79. The first kappa shape index (κ1) is 14.9. The monoisotopic (exact) mass is 334 g/mol. The smallest absolute Gasteiger partial charge is 0.136 e. The molecule has 2 nitrogen and oxygen atoms in total. The lowest BCUT2D eigenvalue weighted by Crippen LogP contribution is -1.97. The molecule has 2 aromatic carbocycles. The van der Waals surface area contributed by atoms with Gasteiger partial charge in [0.25, 0.3) is 0 Å². The van der Waals surface area contributed by atoms with Crippen molar-refractivity contribution in [3.63, 3.8) is 0 Å². The largest absolute Gasteiger partial charge is 0.495 e. The number of halogens is 1. The van der Waals surface area contributed by atoms with E-state index < -0.39 is 0 Å². The summed E-state index contributed by atoms with van der Waals surface area (Å²) < 4.78 is 12.0. The lowest BCUT2D eigenvalue weighted by atomic mass is 10.0. The van der Waals surface area contributed by atoms with Crippen LogP contribution in [0.1, 0.15) is 30.9 Å². The molecule has 20 heavy (non-hydrogen) atoms. The van der Waals surface area contributed by atoms with Gasteiger partial charge in [-0.2, -0.15) is 0 Å². The molecule has 0 radical (unpaired) electrons. The van der Waals surface area contributed by atoms with E-state index in [0.717, 1.165) is 21.5 Å². The Morgan fingerprint density at radius 1 is 1.05 bits per heavy atom. The molecule has 106 valence electrons. The van der Waals surface area contributed by atoms with Gasteiger partial charge >= 0.3 is 0 Å². The van der Waals surface area contributed by atoms with Gasteiger partial charge in [0.2, 0.25) is 0 Å². The van der Waals surface area contributed by atoms with E-state index in [1.165, 1.54) is 5.56 Å². The quantitative estimate of drug-likeness (QED) is 0.751. The van der Waals surface area contributed by atoms with Crippen LogP contribution in [0.25, 0.3) is 0 Å². The standard InChI is InChI=1S/C17H19BrO2/c1-12(2)14-6-4-13(5-7-14)11-20-15-8-9-16(18)17(10-15)19-3/h4-10,12H,11H2,1-3H3. The van der Waals surface area contributed by atoms with Crippen LogP contribution in [0, 0.1) is 0 Å². The van der Waals surface area contributed by atoms with E-state index in [1.807, 2.05) is 18.2 Å². The Bertz CT molecular complexity index is 562. The van der Waals surface area contributed by atoms with Gasteiger partial charge in [-0.1, -0.05) is 38.1 Å². The number of hydrogen-bond acceptors (Lipinski definition) is 2. The van der Waals surface area contributed by atoms with Crippen molar-refractivity contribution in [2.24, 2.45) is 0 Å². The molecule has 0 heterocycles. The van der Waals surface area contributed by atoms with Crippen LogP contribution in [0.2, 0.25) is 0 Å². The highest BCUT2D eigenvalue weighted by Crippen LogP contribution is 2.29. The molecule has 0 fully saturated rings. The summed E-state index contributed by atoms with van der Waals surface area (Å²) >= 11 is 3.43. The van der Waals surface area contributed by atoms with Crippen molar-refractivity contribution in [3.05, 3.63) is 58.1 Å². The molecule has 2 aromatic rings. The van der Waals surface area contributed by atoms with Crippen molar-refractivity contribution < 1.29 is 9.47 Å². The first-order valence-electron chi connectivity index (χ1n) is 6.65. The zero-order valence-electron chi connectivity index (χ0n) is 12.0. The van der Waals surface area contributed by atoms with Crippen LogP contribution in [0.4, 0.5) is 0 Å². The van der Waals surface area contributed by atoms with E-state index in [4.69, 9.17) is 9.47 Å². The SMILES string of the molecule is COc1cc(OCc2ccc(C(C)C)cc2)ccc1Br. The van der Waals surface area contributed by atoms with E-state index in [2.05, 4.69) is 54.0 Å². The third-order valence-corrected chi connectivity index (χ3v) is 3.83. The molecular weight excluding hydrogens is 316 g/mol. The predicted molar refractivity (Wildman–Crippen MR) is 85.6 cm³/mol. The summed E-state index contributed by atoms with van der Waals surface area (Å²) in [6, 6.07) is 14.3. The maximum Gasteiger partial charge on any atom is 0.136 e. The van der Waals surface area contributed by atoms with E-state index >= 15 is 0 Å². The number of hydrogen-bond donors (Lipinski definition) is 0. The van der Waals surface area contributed by atoms with E-state index in [-0.39, 0.29) is 0 Å². The van der Waals surface area contributed by atoms with Gasteiger partial charge in [0, 0.05) is 6.07 Å². The van der Waals surface area contributed by atoms with Gasteiger partial charge in [0.15, 0.2) is 0 Å². The first-order valence-corrected chi connectivity index (χ1v) is 7.44. The van der Waals surface area contributed by atoms with Crippen LogP contribution in [0.3, 0.4) is 0 Å². The van der Waals surface area contributed by atoms with Crippen LogP contribution in [-0.2, 0) is 6.61 Å². The zero-order chi connectivity index (χ0) is 14.5. The number of benzene rings is 2. The van der Waals surface area contributed by atoms with Crippen molar-refractivity contribution in [2.45, 2.75) is 26.4 Å². The van der Waals surface area contributed by atoms with Crippen molar-refractivity contribution in [1.82, 2.24) is 0 Å². The fourth-order valence-electron chi connectivity index (χ4n) is 1.90. The molecule has 2 rings (SSSR count). The van der Waals surface area contributed by atoms with Gasteiger partial charge in [-0.15, -0.1) is 0 Å². The molecule has 0 N–H and O–H groups in total. The number of methoxy groups -OCH3 is 1. The van der Waals surface area contributed by atoms with Crippen LogP contribution in [0.5, 0.6) is 11.5 Å². The molecule has 0 aliphatic rings. The minimum atomic E-state index is 0.556. The summed E-state index contributed by atoms with van der Waals surface area (Å²) in [6.45, 7) is 4.95. The second kappa shape index (κ2) is 6.80. The van der Waals surface area contributed by atoms with Gasteiger partial charge in [0.1, 0.15) is 18.1 Å². The zero-order valence-corrected chi connectivity index (χ0v) is 13.6. The Morgan fingerprint density at radius 2 is 1.75 bits per heavy atom. The third kappa shape index (κ3) is 3.76. The molecule has 0 aromatic heterocycles. The van der Waals surface area contributed by atoms with Gasteiger partial charge in [-0.05, 0) is 45.1 Å². The van der Waals surface area contributed by atoms with Crippen LogP contribution >= 0.6 is 15.9 Å². The lowest BCUT2D eigenvalue weighted by Gasteiger charge is -2.10. The average Bonchev–Trinajstić information content (AvgIpc) is 2.46. The van der Waals surface area contributed by atoms with E-state index in [1.54, 1.807) is 7.11 Å². The highest BCUT2D eigenvalue weighted by Gasteiger charge is 2.03. The van der Waals surface area contributed by atoms with Crippen molar-refractivity contribution in [3.8, 4) is 11.5 Å². The molecule has 0 saturated heterocycles. The van der Waals surface area contributed by atoms with Crippen LogP contribution in [-0.4, -0.2) is 7.11 Å². The number of ether oxygens (including phenoxy) is 2. The maximum absolute atomic E-state index is 5.79. The van der Waals surface area contributed by atoms with Gasteiger partial charge in [-0.25, -0.2) is 0 Å². The summed E-state index contributed by atoms with van der Waals surface area (Å²) in [5.74, 6) is 2.14. The topological polar surface area (TPSA) is 18.5 Å². The minimum absolute atomic E-state index is 0.556. The summed E-state index contributed by atoms with van der Waals surface area (Å²) in [5.41, 5.74) is 2.51. The normalized spacial score (nSPS) is 10.7. The predicted octanol–water partition coefficient (Wildman–Crippen LogP) is 5.16. The van der Waals surface area contributed by atoms with Crippen molar-refractivity contribution in [2.75, 3.05) is 7.11 Å². The minimum Gasteiger partial charge on any atom is -0.495 e. The second-order valence-corrected chi connectivity index (χ2v) is 5.84. The van der Waals surface area contributed by atoms with Crippen molar-refractivity contribution in [1.29, 1.82) is 0 Å².